The first-order valence-corrected chi connectivity index (χ1v) is 10.6. The number of aromatic nitrogens is 5. The van der Waals surface area contributed by atoms with Gasteiger partial charge < -0.3 is 4.57 Å². The number of hydrogen-bond acceptors (Lipinski definition) is 4. The lowest BCUT2D eigenvalue weighted by Crippen LogP contribution is -2.30. The fourth-order valence-corrected chi connectivity index (χ4v) is 4.72. The van der Waals surface area contributed by atoms with E-state index < -0.39 is 0 Å². The lowest BCUT2D eigenvalue weighted by Gasteiger charge is -2.26. The molecular weight excluding hydrogens is 412 g/mol. The molecule has 0 spiro atoms. The molecule has 0 saturated carbocycles. The zero-order valence-electron chi connectivity index (χ0n) is 18.1. The fourth-order valence-electron chi connectivity index (χ4n) is 4.59. The van der Waals surface area contributed by atoms with Crippen LogP contribution in [0, 0.1) is 13.8 Å². The minimum absolute atomic E-state index is 0.0573. The molecule has 0 fully saturated rings. The highest BCUT2D eigenvalue weighted by Crippen LogP contribution is 2.43. The van der Waals surface area contributed by atoms with E-state index in [9.17, 15) is 4.79 Å². The summed E-state index contributed by atoms with van der Waals surface area (Å²) in [6.07, 6.45) is 0. The van der Waals surface area contributed by atoms with Gasteiger partial charge in [0.05, 0.1) is 11.2 Å². The first kappa shape index (κ1) is 19.8. The van der Waals surface area contributed by atoms with Crippen LogP contribution in [-0.2, 0) is 7.05 Å². The summed E-state index contributed by atoms with van der Waals surface area (Å²) in [6.45, 7) is 8.08. The van der Waals surface area contributed by atoms with Gasteiger partial charge >= 0.3 is 0 Å². The Morgan fingerprint density at radius 2 is 1.81 bits per heavy atom. The molecule has 7 nitrogen and oxygen atoms in total. The molecule has 0 radical (unpaired) electrons. The number of carbonyl (C=O) groups excluding carboxylic acids is 1. The van der Waals surface area contributed by atoms with E-state index in [0.29, 0.717) is 10.7 Å². The van der Waals surface area contributed by atoms with E-state index in [0.717, 1.165) is 39.4 Å². The molecule has 1 amide bonds. The molecule has 0 saturated heterocycles. The van der Waals surface area contributed by atoms with Crippen molar-refractivity contribution in [2.24, 2.45) is 7.05 Å². The van der Waals surface area contributed by atoms with Gasteiger partial charge in [-0.15, -0.1) is 5.10 Å². The number of nitrogens with zero attached hydrogens (tertiary/aromatic N) is 6. The summed E-state index contributed by atoms with van der Waals surface area (Å²) in [5.41, 5.74) is 5.87. The van der Waals surface area contributed by atoms with Gasteiger partial charge in [-0.1, -0.05) is 28.9 Å². The first-order chi connectivity index (χ1) is 14.8. The van der Waals surface area contributed by atoms with E-state index in [1.165, 1.54) is 0 Å². The summed E-state index contributed by atoms with van der Waals surface area (Å²) in [7, 11) is 1.85. The fraction of sp³-hybridized carbons (Fsp3) is 0.304. The Balaban J connectivity index is 1.76. The molecule has 0 N–H and O–H groups in total. The zero-order chi connectivity index (χ0) is 22.0. The molecule has 158 valence electrons. The van der Waals surface area contributed by atoms with Crippen LogP contribution in [0.1, 0.15) is 59.1 Å². The maximum Gasteiger partial charge on any atom is 0.277 e. The quantitative estimate of drug-likeness (QED) is 0.466. The summed E-state index contributed by atoms with van der Waals surface area (Å²) in [5.74, 6) is 0.785. The number of aryl methyl sites for hydroxylation is 3. The van der Waals surface area contributed by atoms with Crippen LogP contribution >= 0.6 is 11.6 Å². The minimum Gasteiger partial charge on any atom is -0.321 e. The second kappa shape index (κ2) is 6.92. The van der Waals surface area contributed by atoms with Crippen LogP contribution in [0.15, 0.2) is 36.4 Å². The standard InChI is InChI=1S/C23H23ClN6O/c1-12(2)29-14(4)25-20-21(15-6-8-16(24)9-7-15)30(23(31)22(20)29)17-10-13(3)19-18(11-17)28(5)27-26-19/h6-12,21H,1-5H3. The minimum atomic E-state index is -0.337. The van der Waals surface area contributed by atoms with E-state index in [1.807, 2.05) is 66.8 Å². The molecule has 1 unspecified atom stereocenters. The topological polar surface area (TPSA) is 68.8 Å². The largest absolute Gasteiger partial charge is 0.321 e. The Morgan fingerprint density at radius 1 is 1.10 bits per heavy atom. The number of anilines is 1. The monoisotopic (exact) mass is 434 g/mol. The Bertz CT molecular complexity index is 1330. The molecule has 1 atom stereocenters. The van der Waals surface area contributed by atoms with Gasteiger partial charge in [-0.25, -0.2) is 9.67 Å². The molecule has 2 aromatic heterocycles. The number of rotatable bonds is 3. The van der Waals surface area contributed by atoms with Crippen LogP contribution in [0.25, 0.3) is 11.0 Å². The van der Waals surface area contributed by atoms with Crippen molar-refractivity contribution in [2.45, 2.75) is 39.8 Å². The first-order valence-electron chi connectivity index (χ1n) is 10.3. The Hall–Kier alpha value is -3.19. The number of fused-ring (bicyclic) bond motifs is 2. The van der Waals surface area contributed by atoms with Gasteiger partial charge in [0.15, 0.2) is 0 Å². The second-order valence-corrected chi connectivity index (χ2v) is 8.77. The number of halogens is 1. The van der Waals surface area contributed by atoms with E-state index >= 15 is 0 Å². The number of carbonyl (C=O) groups is 1. The van der Waals surface area contributed by atoms with Crippen molar-refractivity contribution in [1.82, 2.24) is 24.5 Å². The summed E-state index contributed by atoms with van der Waals surface area (Å²) < 4.78 is 3.76. The lowest BCUT2D eigenvalue weighted by atomic mass is 10.0. The van der Waals surface area contributed by atoms with Crippen molar-refractivity contribution in [3.63, 3.8) is 0 Å². The lowest BCUT2D eigenvalue weighted by molar-refractivity contribution is 0.0983. The van der Waals surface area contributed by atoms with Crippen LogP contribution in [-0.4, -0.2) is 30.5 Å². The van der Waals surface area contributed by atoms with E-state index in [1.54, 1.807) is 4.68 Å². The third kappa shape index (κ3) is 2.87. The average molecular weight is 435 g/mol. The van der Waals surface area contributed by atoms with Crippen molar-refractivity contribution in [2.75, 3.05) is 4.90 Å². The molecule has 1 aliphatic rings. The van der Waals surface area contributed by atoms with Crippen LogP contribution < -0.4 is 4.90 Å². The number of imidazole rings is 1. The molecule has 8 heteroatoms. The maximum absolute atomic E-state index is 13.9. The van der Waals surface area contributed by atoms with Crippen LogP contribution in [0.5, 0.6) is 0 Å². The Labute approximate surface area is 185 Å². The number of benzene rings is 2. The van der Waals surface area contributed by atoms with Crippen molar-refractivity contribution in [3.8, 4) is 0 Å². The zero-order valence-corrected chi connectivity index (χ0v) is 18.8. The molecule has 0 aliphatic carbocycles. The Morgan fingerprint density at radius 3 is 2.48 bits per heavy atom. The highest BCUT2D eigenvalue weighted by molar-refractivity contribution is 6.30. The summed E-state index contributed by atoms with van der Waals surface area (Å²) in [5, 5.41) is 9.04. The molecule has 31 heavy (non-hydrogen) atoms. The molecule has 3 heterocycles. The van der Waals surface area contributed by atoms with Crippen molar-refractivity contribution >= 4 is 34.2 Å². The second-order valence-electron chi connectivity index (χ2n) is 8.33. The highest BCUT2D eigenvalue weighted by atomic mass is 35.5. The van der Waals surface area contributed by atoms with E-state index in [4.69, 9.17) is 16.6 Å². The van der Waals surface area contributed by atoms with Gasteiger partial charge in [-0.3, -0.25) is 9.69 Å². The van der Waals surface area contributed by atoms with Gasteiger partial charge in [-0.05, 0) is 63.1 Å². The molecule has 5 rings (SSSR count). The van der Waals surface area contributed by atoms with Gasteiger partial charge in [-0.2, -0.15) is 0 Å². The van der Waals surface area contributed by atoms with Crippen LogP contribution in [0.3, 0.4) is 0 Å². The van der Waals surface area contributed by atoms with Gasteiger partial charge in [0.2, 0.25) is 0 Å². The van der Waals surface area contributed by atoms with Crippen molar-refractivity contribution in [3.05, 3.63) is 69.8 Å². The maximum atomic E-state index is 13.9. The summed E-state index contributed by atoms with van der Waals surface area (Å²) in [6, 6.07) is 11.4. The summed E-state index contributed by atoms with van der Waals surface area (Å²) in [4.78, 5) is 20.5. The van der Waals surface area contributed by atoms with Gasteiger partial charge in [0.25, 0.3) is 5.91 Å². The summed E-state index contributed by atoms with van der Waals surface area (Å²) >= 11 is 6.15. The van der Waals surface area contributed by atoms with Crippen molar-refractivity contribution in [1.29, 1.82) is 0 Å². The molecule has 1 aliphatic heterocycles. The SMILES string of the molecule is Cc1cc(N2C(=O)c3c(nc(C)n3C(C)C)C2c2ccc(Cl)cc2)cc2c1nnn2C. The number of amides is 1. The van der Waals surface area contributed by atoms with Crippen molar-refractivity contribution < 1.29 is 4.79 Å². The smallest absolute Gasteiger partial charge is 0.277 e. The third-order valence-corrected chi connectivity index (χ3v) is 6.18. The number of hydrogen-bond donors (Lipinski definition) is 0. The molecule has 4 aromatic rings. The van der Waals surface area contributed by atoms with Crippen LogP contribution in [0.2, 0.25) is 5.02 Å². The predicted octanol–water partition coefficient (Wildman–Crippen LogP) is 4.77. The molecule has 2 aromatic carbocycles. The normalized spacial score (nSPS) is 16.0. The predicted molar refractivity (Wildman–Crippen MR) is 121 cm³/mol. The third-order valence-electron chi connectivity index (χ3n) is 5.93. The van der Waals surface area contributed by atoms with Gasteiger partial charge in [0.1, 0.15) is 23.1 Å². The Kier molecular flexibility index (Phi) is 4.41. The average Bonchev–Trinajstić information content (AvgIpc) is 3.34. The van der Waals surface area contributed by atoms with E-state index in [-0.39, 0.29) is 18.0 Å². The molecule has 0 bridgehead atoms. The molecular formula is C23H23ClN6O. The van der Waals surface area contributed by atoms with Gasteiger partial charge in [0, 0.05) is 23.8 Å². The van der Waals surface area contributed by atoms with E-state index in [2.05, 4.69) is 24.2 Å². The highest BCUT2D eigenvalue weighted by Gasteiger charge is 2.44. The van der Waals surface area contributed by atoms with Crippen LogP contribution in [0.4, 0.5) is 5.69 Å².